The molecule has 2 aromatic rings. The maximum absolute atomic E-state index is 11.5. The van der Waals surface area contributed by atoms with E-state index in [4.69, 9.17) is 5.73 Å². The minimum Gasteiger partial charge on any atom is -0.594 e. The van der Waals surface area contributed by atoms with Gasteiger partial charge in [0.2, 0.25) is 0 Å². The SMILES string of the molecule is CCC(=O)c1ccc2c(c1)nc(N)n[n+]2[O-]. The summed E-state index contributed by atoms with van der Waals surface area (Å²) >= 11 is 0. The predicted octanol–water partition coefficient (Wildman–Crippen LogP) is 0.438. The number of hydrogen-bond acceptors (Lipinski definition) is 5. The highest BCUT2D eigenvalue weighted by atomic mass is 16.5. The summed E-state index contributed by atoms with van der Waals surface area (Å²) in [6.45, 7) is 1.77. The van der Waals surface area contributed by atoms with Gasteiger partial charge >= 0.3 is 0 Å². The Labute approximate surface area is 91.3 Å². The molecule has 0 unspecified atom stereocenters. The van der Waals surface area contributed by atoms with Crippen LogP contribution in [0, 0.1) is 5.21 Å². The fourth-order valence-corrected chi connectivity index (χ4v) is 1.45. The van der Waals surface area contributed by atoms with Gasteiger partial charge in [0.25, 0.3) is 11.5 Å². The second kappa shape index (κ2) is 3.73. The highest BCUT2D eigenvalue weighted by Gasteiger charge is 2.11. The smallest absolute Gasteiger partial charge is 0.288 e. The quantitative estimate of drug-likeness (QED) is 0.448. The molecule has 0 aliphatic rings. The number of fused-ring (bicyclic) bond motifs is 1. The normalized spacial score (nSPS) is 10.6. The number of ketones is 1. The second-order valence-corrected chi connectivity index (χ2v) is 3.32. The molecule has 0 amide bonds. The van der Waals surface area contributed by atoms with Gasteiger partial charge in [0, 0.05) is 18.1 Å². The summed E-state index contributed by atoms with van der Waals surface area (Å²) in [5.41, 5.74) is 6.55. The highest BCUT2D eigenvalue weighted by molar-refractivity contribution is 5.98. The van der Waals surface area contributed by atoms with Gasteiger partial charge in [0.1, 0.15) is 5.52 Å². The molecule has 16 heavy (non-hydrogen) atoms. The third kappa shape index (κ3) is 1.65. The Morgan fingerprint density at radius 1 is 1.56 bits per heavy atom. The maximum Gasteiger partial charge on any atom is 0.288 e. The number of carbonyl (C=O) groups is 1. The average molecular weight is 218 g/mol. The number of nitrogens with zero attached hydrogens (tertiary/aromatic N) is 3. The van der Waals surface area contributed by atoms with Crippen LogP contribution in [-0.4, -0.2) is 15.9 Å². The van der Waals surface area contributed by atoms with E-state index in [0.29, 0.717) is 27.9 Å². The minimum atomic E-state index is -0.108. The molecule has 0 spiro atoms. The van der Waals surface area contributed by atoms with Gasteiger partial charge in [0.05, 0.1) is 5.10 Å². The van der Waals surface area contributed by atoms with Crippen molar-refractivity contribution in [2.75, 3.05) is 5.73 Å². The lowest BCUT2D eigenvalue weighted by Gasteiger charge is -2.01. The zero-order chi connectivity index (χ0) is 11.7. The van der Waals surface area contributed by atoms with Crippen molar-refractivity contribution >= 4 is 22.8 Å². The van der Waals surface area contributed by atoms with Crippen LogP contribution in [0.4, 0.5) is 5.95 Å². The number of aromatic nitrogens is 3. The summed E-state index contributed by atoms with van der Waals surface area (Å²) in [7, 11) is 0. The molecule has 0 saturated heterocycles. The van der Waals surface area contributed by atoms with Crippen LogP contribution in [0.5, 0.6) is 0 Å². The van der Waals surface area contributed by atoms with Gasteiger partial charge in [-0.05, 0) is 17.0 Å². The van der Waals surface area contributed by atoms with E-state index in [1.54, 1.807) is 19.1 Å². The fraction of sp³-hybridized carbons (Fsp3) is 0.200. The van der Waals surface area contributed by atoms with Gasteiger partial charge in [-0.15, -0.1) is 0 Å². The lowest BCUT2D eigenvalue weighted by atomic mass is 10.1. The first-order chi connectivity index (χ1) is 7.61. The Hall–Kier alpha value is -2.24. The van der Waals surface area contributed by atoms with Crippen molar-refractivity contribution in [3.8, 4) is 0 Å². The van der Waals surface area contributed by atoms with Crippen molar-refractivity contribution in [2.45, 2.75) is 13.3 Å². The number of nitrogen functional groups attached to an aromatic ring is 1. The fourth-order valence-electron chi connectivity index (χ4n) is 1.45. The lowest BCUT2D eigenvalue weighted by molar-refractivity contribution is -0.641. The Kier molecular flexibility index (Phi) is 2.40. The van der Waals surface area contributed by atoms with Crippen molar-refractivity contribution in [1.82, 2.24) is 10.1 Å². The standard InChI is InChI=1S/C10H10N4O2/c1-2-9(15)6-3-4-8-7(5-6)12-10(11)13-14(8)16/h3-5H,2H2,1H3,(H2,11,12,13). The summed E-state index contributed by atoms with van der Waals surface area (Å²) in [6, 6.07) is 4.65. The Balaban J connectivity index is 2.66. The van der Waals surface area contributed by atoms with Crippen molar-refractivity contribution < 1.29 is 9.64 Å². The van der Waals surface area contributed by atoms with Crippen LogP contribution >= 0.6 is 0 Å². The molecule has 2 N–H and O–H groups in total. The summed E-state index contributed by atoms with van der Waals surface area (Å²) in [6.07, 6.45) is 0.406. The van der Waals surface area contributed by atoms with Crippen LogP contribution in [0.15, 0.2) is 18.2 Å². The van der Waals surface area contributed by atoms with Gasteiger partial charge < -0.3 is 10.9 Å². The predicted molar refractivity (Wildman–Crippen MR) is 57.5 cm³/mol. The molecule has 0 atom stereocenters. The molecular weight excluding hydrogens is 208 g/mol. The van der Waals surface area contributed by atoms with E-state index in [0.717, 1.165) is 0 Å². The van der Waals surface area contributed by atoms with Gasteiger partial charge in [-0.2, -0.15) is 0 Å². The third-order valence-electron chi connectivity index (χ3n) is 2.25. The molecule has 1 aromatic heterocycles. The number of carbonyl (C=O) groups excluding carboxylic acids is 1. The van der Waals surface area contributed by atoms with E-state index in [1.165, 1.54) is 6.07 Å². The monoisotopic (exact) mass is 218 g/mol. The van der Waals surface area contributed by atoms with Crippen LogP contribution in [0.2, 0.25) is 0 Å². The Bertz CT molecular complexity index is 568. The topological polar surface area (TPSA) is 95.8 Å². The van der Waals surface area contributed by atoms with Gasteiger partial charge in [-0.25, -0.2) is 4.98 Å². The molecule has 6 nitrogen and oxygen atoms in total. The number of anilines is 1. The van der Waals surface area contributed by atoms with E-state index in [1.807, 2.05) is 0 Å². The summed E-state index contributed by atoms with van der Waals surface area (Å²) in [5, 5.41) is 14.8. The molecule has 0 fully saturated rings. The minimum absolute atomic E-state index is 0.00321. The third-order valence-corrected chi connectivity index (χ3v) is 2.25. The van der Waals surface area contributed by atoms with E-state index in [-0.39, 0.29) is 11.7 Å². The first kappa shape index (κ1) is 10.3. The molecule has 82 valence electrons. The maximum atomic E-state index is 11.5. The summed E-state index contributed by atoms with van der Waals surface area (Å²) in [5.74, 6) is -0.111. The lowest BCUT2D eigenvalue weighted by Crippen LogP contribution is -2.33. The van der Waals surface area contributed by atoms with Crippen molar-refractivity contribution in [3.63, 3.8) is 0 Å². The summed E-state index contributed by atoms with van der Waals surface area (Å²) in [4.78, 5) is 15.8. The molecule has 0 aliphatic carbocycles. The molecule has 6 heteroatoms. The Morgan fingerprint density at radius 3 is 3.00 bits per heavy atom. The van der Waals surface area contributed by atoms with Gasteiger partial charge in [-0.1, -0.05) is 6.92 Å². The van der Waals surface area contributed by atoms with Crippen LogP contribution in [0.3, 0.4) is 0 Å². The molecule has 1 aromatic carbocycles. The van der Waals surface area contributed by atoms with E-state index in [2.05, 4.69) is 10.1 Å². The van der Waals surface area contributed by atoms with E-state index in [9.17, 15) is 10.0 Å². The summed E-state index contributed by atoms with van der Waals surface area (Å²) < 4.78 is 0. The Morgan fingerprint density at radius 2 is 2.31 bits per heavy atom. The largest absolute Gasteiger partial charge is 0.594 e. The molecular formula is C10H10N4O2. The molecule has 0 bridgehead atoms. The van der Waals surface area contributed by atoms with Crippen molar-refractivity contribution in [1.29, 1.82) is 0 Å². The second-order valence-electron chi connectivity index (χ2n) is 3.32. The van der Waals surface area contributed by atoms with Crippen LogP contribution in [-0.2, 0) is 0 Å². The zero-order valence-corrected chi connectivity index (χ0v) is 8.67. The highest BCUT2D eigenvalue weighted by Crippen LogP contribution is 2.12. The first-order valence-corrected chi connectivity index (χ1v) is 4.82. The van der Waals surface area contributed by atoms with Gasteiger partial charge in [-0.3, -0.25) is 4.79 Å². The number of benzene rings is 1. The van der Waals surface area contributed by atoms with Crippen LogP contribution in [0.1, 0.15) is 23.7 Å². The van der Waals surface area contributed by atoms with E-state index < -0.39 is 0 Å². The number of nitrogens with two attached hydrogens (primary N) is 1. The van der Waals surface area contributed by atoms with Crippen molar-refractivity contribution in [2.24, 2.45) is 0 Å². The van der Waals surface area contributed by atoms with Gasteiger partial charge in [0.15, 0.2) is 5.78 Å². The van der Waals surface area contributed by atoms with E-state index >= 15 is 0 Å². The number of hydrogen-bond donors (Lipinski definition) is 1. The average Bonchev–Trinajstić information content (AvgIpc) is 2.27. The molecule has 2 rings (SSSR count). The first-order valence-electron chi connectivity index (χ1n) is 4.82. The van der Waals surface area contributed by atoms with Crippen LogP contribution in [0.25, 0.3) is 11.0 Å². The zero-order valence-electron chi connectivity index (χ0n) is 8.67. The number of rotatable bonds is 2. The van der Waals surface area contributed by atoms with Crippen molar-refractivity contribution in [3.05, 3.63) is 29.0 Å². The molecule has 0 saturated carbocycles. The van der Waals surface area contributed by atoms with Crippen LogP contribution < -0.4 is 10.6 Å². The molecule has 0 radical (unpaired) electrons. The molecule has 0 aliphatic heterocycles. The number of Topliss-reactive ketones (excluding diaryl/α,β-unsaturated/α-hetero) is 1. The molecule has 1 heterocycles.